The highest BCUT2D eigenvalue weighted by Crippen LogP contribution is 2.38. The van der Waals surface area contributed by atoms with Gasteiger partial charge >= 0.3 is 0 Å². The van der Waals surface area contributed by atoms with E-state index in [4.69, 9.17) is 21.1 Å². The first-order chi connectivity index (χ1) is 6.54. The van der Waals surface area contributed by atoms with Crippen LogP contribution in [0.4, 0.5) is 0 Å². The van der Waals surface area contributed by atoms with E-state index in [1.165, 1.54) is 0 Å². The number of rotatable bonds is 3. The van der Waals surface area contributed by atoms with Gasteiger partial charge < -0.3 is 9.47 Å². The molecule has 4 heteroatoms. The maximum absolute atomic E-state index is 5.87. The number of hydrogen-bond donors (Lipinski definition) is 0. The maximum atomic E-state index is 5.87. The molecule has 1 rings (SSSR count). The summed E-state index contributed by atoms with van der Waals surface area (Å²) >= 11 is 9.25. The van der Waals surface area contributed by atoms with Crippen molar-refractivity contribution in [1.82, 2.24) is 0 Å². The van der Waals surface area contributed by atoms with E-state index < -0.39 is 0 Å². The number of hydrogen-bond acceptors (Lipinski definition) is 2. The van der Waals surface area contributed by atoms with Crippen molar-refractivity contribution >= 4 is 27.5 Å². The number of halogens is 2. The fourth-order valence-electron chi connectivity index (χ4n) is 1.04. The minimum Gasteiger partial charge on any atom is -0.493 e. The molecule has 0 amide bonds. The highest BCUT2D eigenvalue weighted by Gasteiger charge is 2.11. The van der Waals surface area contributed by atoms with E-state index in [-0.39, 0.29) is 6.10 Å². The van der Waals surface area contributed by atoms with E-state index in [1.54, 1.807) is 19.2 Å². The van der Waals surface area contributed by atoms with Crippen LogP contribution in [0.15, 0.2) is 16.6 Å². The van der Waals surface area contributed by atoms with Gasteiger partial charge in [-0.25, -0.2) is 0 Å². The van der Waals surface area contributed by atoms with Crippen molar-refractivity contribution < 1.29 is 9.47 Å². The van der Waals surface area contributed by atoms with Crippen LogP contribution in [-0.2, 0) is 0 Å². The molecule has 0 spiro atoms. The molecule has 78 valence electrons. The summed E-state index contributed by atoms with van der Waals surface area (Å²) in [5, 5.41) is 0.616. The third kappa shape index (κ3) is 2.79. The van der Waals surface area contributed by atoms with Gasteiger partial charge in [-0.15, -0.1) is 0 Å². The molecule has 0 N–H and O–H groups in total. The fourth-order valence-corrected chi connectivity index (χ4v) is 1.91. The summed E-state index contributed by atoms with van der Waals surface area (Å²) in [5.74, 6) is 1.32. The Bertz CT molecular complexity index is 326. The molecule has 0 fully saturated rings. The van der Waals surface area contributed by atoms with Crippen molar-refractivity contribution in [2.24, 2.45) is 0 Å². The first-order valence-electron chi connectivity index (χ1n) is 4.24. The molecule has 0 unspecified atom stereocenters. The van der Waals surface area contributed by atoms with Crippen LogP contribution in [0.2, 0.25) is 5.02 Å². The highest BCUT2D eigenvalue weighted by molar-refractivity contribution is 9.10. The zero-order chi connectivity index (χ0) is 10.7. The molecule has 0 atom stereocenters. The summed E-state index contributed by atoms with van der Waals surface area (Å²) in [6.07, 6.45) is 0.0985. The van der Waals surface area contributed by atoms with Crippen molar-refractivity contribution in [2.75, 3.05) is 7.11 Å². The molecule has 0 radical (unpaired) electrons. The normalized spacial score (nSPS) is 10.4. The van der Waals surface area contributed by atoms with E-state index in [1.807, 2.05) is 13.8 Å². The largest absolute Gasteiger partial charge is 0.493 e. The molecule has 14 heavy (non-hydrogen) atoms. The van der Waals surface area contributed by atoms with Gasteiger partial charge in [0.2, 0.25) is 0 Å². The van der Waals surface area contributed by atoms with Crippen molar-refractivity contribution in [3.63, 3.8) is 0 Å². The lowest BCUT2D eigenvalue weighted by atomic mass is 10.3. The zero-order valence-electron chi connectivity index (χ0n) is 8.30. The van der Waals surface area contributed by atoms with Crippen molar-refractivity contribution in [1.29, 1.82) is 0 Å². The van der Waals surface area contributed by atoms with Crippen LogP contribution < -0.4 is 9.47 Å². The van der Waals surface area contributed by atoms with Crippen LogP contribution in [0.25, 0.3) is 0 Å². The molecular formula is C10H12BrClO2. The van der Waals surface area contributed by atoms with Crippen molar-refractivity contribution in [2.45, 2.75) is 20.0 Å². The lowest BCUT2D eigenvalue weighted by Crippen LogP contribution is -2.07. The van der Waals surface area contributed by atoms with Crippen molar-refractivity contribution in [3.05, 3.63) is 21.6 Å². The Morgan fingerprint density at radius 3 is 2.50 bits per heavy atom. The average molecular weight is 280 g/mol. The Hall–Kier alpha value is -0.410. The molecule has 1 aromatic rings. The van der Waals surface area contributed by atoms with Gasteiger partial charge in [-0.05, 0) is 35.8 Å². The second-order valence-corrected chi connectivity index (χ2v) is 4.38. The molecule has 1 aromatic carbocycles. The first kappa shape index (κ1) is 11.7. The van der Waals surface area contributed by atoms with Gasteiger partial charge in [0.1, 0.15) is 0 Å². The highest BCUT2D eigenvalue weighted by atomic mass is 79.9. The number of methoxy groups -OCH3 is 1. The molecule has 0 bridgehead atoms. The van der Waals surface area contributed by atoms with Crippen LogP contribution in [0.1, 0.15) is 13.8 Å². The van der Waals surface area contributed by atoms with Gasteiger partial charge in [0, 0.05) is 11.1 Å². The number of ether oxygens (including phenoxy) is 2. The summed E-state index contributed by atoms with van der Waals surface area (Å²) in [7, 11) is 1.59. The SMILES string of the molecule is COc1cc(Cl)cc(Br)c1OC(C)C. The summed E-state index contributed by atoms with van der Waals surface area (Å²) in [6, 6.07) is 3.51. The minimum absolute atomic E-state index is 0.0985. The van der Waals surface area contributed by atoms with Gasteiger partial charge in [0.05, 0.1) is 17.7 Å². The van der Waals surface area contributed by atoms with Crippen LogP contribution in [0.5, 0.6) is 11.5 Å². The summed E-state index contributed by atoms with van der Waals surface area (Å²) in [6.45, 7) is 3.92. The van der Waals surface area contributed by atoms with Gasteiger partial charge in [-0.2, -0.15) is 0 Å². The van der Waals surface area contributed by atoms with E-state index >= 15 is 0 Å². The molecule has 0 aliphatic rings. The summed E-state index contributed by atoms with van der Waals surface area (Å²) in [4.78, 5) is 0. The summed E-state index contributed by atoms with van der Waals surface area (Å²) in [5.41, 5.74) is 0. The van der Waals surface area contributed by atoms with Crippen molar-refractivity contribution in [3.8, 4) is 11.5 Å². The van der Waals surface area contributed by atoms with Gasteiger partial charge in [0.15, 0.2) is 11.5 Å². The topological polar surface area (TPSA) is 18.5 Å². The summed E-state index contributed by atoms with van der Waals surface area (Å²) < 4.78 is 11.6. The molecule has 0 saturated heterocycles. The predicted molar refractivity (Wildman–Crippen MR) is 61.5 cm³/mol. The Labute approximate surface area is 97.3 Å². The fraction of sp³-hybridized carbons (Fsp3) is 0.400. The zero-order valence-corrected chi connectivity index (χ0v) is 10.6. The Kier molecular flexibility index (Phi) is 4.08. The average Bonchev–Trinajstić information content (AvgIpc) is 2.08. The second kappa shape index (κ2) is 4.89. The van der Waals surface area contributed by atoms with E-state index in [0.29, 0.717) is 16.5 Å². The smallest absolute Gasteiger partial charge is 0.175 e. The van der Waals surface area contributed by atoms with Crippen LogP contribution in [0.3, 0.4) is 0 Å². The Morgan fingerprint density at radius 2 is 2.00 bits per heavy atom. The number of benzene rings is 1. The van der Waals surface area contributed by atoms with Crippen LogP contribution in [-0.4, -0.2) is 13.2 Å². The molecule has 0 aliphatic heterocycles. The third-order valence-electron chi connectivity index (χ3n) is 1.55. The van der Waals surface area contributed by atoms with Gasteiger partial charge in [-0.1, -0.05) is 11.6 Å². The second-order valence-electron chi connectivity index (χ2n) is 3.09. The lowest BCUT2D eigenvalue weighted by Gasteiger charge is -2.15. The predicted octanol–water partition coefficient (Wildman–Crippen LogP) is 3.90. The molecular weight excluding hydrogens is 267 g/mol. The van der Waals surface area contributed by atoms with Gasteiger partial charge in [-0.3, -0.25) is 0 Å². The third-order valence-corrected chi connectivity index (χ3v) is 2.36. The monoisotopic (exact) mass is 278 g/mol. The lowest BCUT2D eigenvalue weighted by molar-refractivity contribution is 0.228. The minimum atomic E-state index is 0.0985. The molecule has 0 saturated carbocycles. The quantitative estimate of drug-likeness (QED) is 0.835. The van der Waals surface area contributed by atoms with E-state index in [2.05, 4.69) is 15.9 Å². The molecule has 0 heterocycles. The molecule has 0 aromatic heterocycles. The first-order valence-corrected chi connectivity index (χ1v) is 5.41. The van der Waals surface area contributed by atoms with Gasteiger partial charge in [0.25, 0.3) is 0 Å². The molecule has 0 aliphatic carbocycles. The van der Waals surface area contributed by atoms with E-state index in [9.17, 15) is 0 Å². The molecule has 2 nitrogen and oxygen atoms in total. The Morgan fingerprint density at radius 1 is 1.36 bits per heavy atom. The Balaban J connectivity index is 3.11. The maximum Gasteiger partial charge on any atom is 0.175 e. The van der Waals surface area contributed by atoms with Crippen LogP contribution in [0, 0.1) is 0 Å². The standard InChI is InChI=1S/C10H12BrClO2/c1-6(2)14-10-8(11)4-7(12)5-9(10)13-3/h4-6H,1-3H3. The van der Waals surface area contributed by atoms with E-state index in [0.717, 1.165) is 4.47 Å². The van der Waals surface area contributed by atoms with Crippen LogP contribution >= 0.6 is 27.5 Å².